The van der Waals surface area contributed by atoms with Gasteiger partial charge in [0.1, 0.15) is 0 Å². The van der Waals surface area contributed by atoms with E-state index in [0.29, 0.717) is 0 Å². The van der Waals surface area contributed by atoms with E-state index in [4.69, 9.17) is 32.8 Å². The molecule has 2 heterocycles. The number of hydrogen-bond acceptors (Lipinski definition) is 3. The molecule has 2 N–H and O–H groups in total. The summed E-state index contributed by atoms with van der Waals surface area (Å²) in [6.45, 7) is 0. The Bertz CT molecular complexity index is 323. The first-order valence-electron chi connectivity index (χ1n) is 3.43. The summed E-state index contributed by atoms with van der Waals surface area (Å²) in [7, 11) is 14.4. The minimum absolute atomic E-state index is 1.69. The van der Waals surface area contributed by atoms with E-state index in [2.05, 4.69) is 20.4 Å². The van der Waals surface area contributed by atoms with Crippen molar-refractivity contribution in [3.63, 3.8) is 0 Å². The van der Waals surface area contributed by atoms with E-state index in [-0.39, 0.29) is 0 Å². The third-order valence-electron chi connectivity index (χ3n) is 0.812. The van der Waals surface area contributed by atoms with Gasteiger partial charge in [0, 0.05) is 24.8 Å². The van der Waals surface area contributed by atoms with Gasteiger partial charge in [0.25, 0.3) is 0 Å². The van der Waals surface area contributed by atoms with Crippen LogP contribution in [0.1, 0.15) is 0 Å². The fourth-order valence-electron chi connectivity index (χ4n) is 0.430. The maximum Gasteiger partial charge on any atom is 0.0487 e. The summed E-state index contributed by atoms with van der Waals surface area (Å²) in [4.78, 5) is 0. The van der Waals surface area contributed by atoms with E-state index in [0.717, 1.165) is 0 Å². The number of aromatic amines is 2. The Labute approximate surface area is 101 Å². The molecular weight excluding hydrogens is 439 g/mol. The van der Waals surface area contributed by atoms with Crippen molar-refractivity contribution >= 4 is 28.9 Å². The third-order valence-corrected chi connectivity index (χ3v) is 0.812. The molecule has 0 atom stereocenters. The molecule has 2 aromatic heterocycles. The molecule has 0 spiro atoms. The van der Waals surface area contributed by atoms with Crippen LogP contribution in [0.25, 0.3) is 0 Å². The standard InChI is InChI=1S/2C3H4N2.3ClH.N.Os/c2*1-2-4-5-3-1;;;;;/h2*1-3H,(H,4,5);3*1H;;/q;;;;;;+3/p-3. The molecule has 0 aromatic carbocycles. The second-order valence-electron chi connectivity index (χ2n) is 1.86. The van der Waals surface area contributed by atoms with E-state index in [1.807, 2.05) is 12.1 Å². The van der Waals surface area contributed by atoms with Gasteiger partial charge in [0.15, 0.2) is 0 Å². The molecule has 0 amide bonds. The summed E-state index contributed by atoms with van der Waals surface area (Å²) < 4.78 is 8.01. The SMILES string of the molecule is [N]#[Os]([Cl])([Cl])[Cl].c1cn[nH]c1.c1cn[nH]c1. The Balaban J connectivity index is 0.000000196. The predicted molar refractivity (Wildman–Crippen MR) is 56.5 cm³/mol. The topological polar surface area (TPSA) is 81.2 Å². The van der Waals surface area contributed by atoms with Gasteiger partial charge in [-0.1, -0.05) is 0 Å². The van der Waals surface area contributed by atoms with Crippen molar-refractivity contribution in [1.29, 1.82) is 3.88 Å². The summed E-state index contributed by atoms with van der Waals surface area (Å²) in [6.07, 6.45) is 6.92. The van der Waals surface area contributed by atoms with Crippen LogP contribution in [0.2, 0.25) is 0 Å². The van der Waals surface area contributed by atoms with Crippen molar-refractivity contribution in [3.8, 4) is 0 Å². The molecule has 5 nitrogen and oxygen atoms in total. The number of nitrogens with one attached hydrogen (secondary N) is 2. The quantitative estimate of drug-likeness (QED) is 0.653. The van der Waals surface area contributed by atoms with Crippen LogP contribution in [0.3, 0.4) is 0 Å². The zero-order chi connectivity index (χ0) is 11.6. The minimum atomic E-state index is -3.64. The minimum Gasteiger partial charge on any atom is -0.286 e. The number of rotatable bonds is 0. The van der Waals surface area contributed by atoms with Crippen molar-refractivity contribution in [2.45, 2.75) is 0 Å². The Morgan fingerprint density at radius 3 is 1.33 bits per heavy atom. The van der Waals surface area contributed by atoms with Gasteiger partial charge in [-0.3, -0.25) is 10.2 Å². The third kappa shape index (κ3) is 19.9. The maximum atomic E-state index is 8.01. The van der Waals surface area contributed by atoms with E-state index in [1.54, 1.807) is 24.8 Å². The van der Waals surface area contributed by atoms with Crippen molar-refractivity contribution in [3.05, 3.63) is 36.9 Å². The van der Waals surface area contributed by atoms with Crippen molar-refractivity contribution in [2.75, 3.05) is 0 Å². The van der Waals surface area contributed by atoms with Gasteiger partial charge >= 0.3 is 44.5 Å². The largest absolute Gasteiger partial charge is 0.286 e. The van der Waals surface area contributed by atoms with Crippen LogP contribution in [0, 0.1) is 3.88 Å². The van der Waals surface area contributed by atoms with Gasteiger partial charge in [0.2, 0.25) is 0 Å². The van der Waals surface area contributed by atoms with Crippen LogP contribution < -0.4 is 0 Å². The molecule has 0 saturated carbocycles. The summed E-state index contributed by atoms with van der Waals surface area (Å²) in [6, 6.07) is 3.67. The van der Waals surface area contributed by atoms with Crippen LogP contribution in [0.4, 0.5) is 0 Å². The monoisotopic (exact) mass is 447 g/mol. The van der Waals surface area contributed by atoms with Gasteiger partial charge in [-0.25, -0.2) is 0 Å². The number of hydrogen-bond donors (Lipinski definition) is 2. The van der Waals surface area contributed by atoms with Gasteiger partial charge in [-0.2, -0.15) is 10.2 Å². The van der Waals surface area contributed by atoms with Crippen molar-refractivity contribution < 1.29 is 11.7 Å². The number of H-pyrrole nitrogens is 2. The number of nitrogens with zero attached hydrogens (tertiary/aromatic N) is 3. The summed E-state index contributed by atoms with van der Waals surface area (Å²) in [5, 5.41) is 12.4. The van der Waals surface area contributed by atoms with Gasteiger partial charge in [-0.05, 0) is 12.1 Å². The fraction of sp³-hybridized carbons (Fsp3) is 0. The van der Waals surface area contributed by atoms with Gasteiger partial charge in [-0.15, -0.1) is 0 Å². The first-order valence-corrected chi connectivity index (χ1v) is 14.0. The first kappa shape index (κ1) is 14.6. The Morgan fingerprint density at radius 1 is 0.933 bits per heavy atom. The number of aromatic nitrogens is 4. The Hall–Kier alpha value is -0.364. The smallest absolute Gasteiger partial charge is 0.0487 e. The molecule has 86 valence electrons. The molecule has 0 aliphatic carbocycles. The molecular formula is C6H8Cl3N5Os. The van der Waals surface area contributed by atoms with E-state index < -0.39 is 11.7 Å². The molecule has 0 unspecified atom stereocenters. The second kappa shape index (κ2) is 8.91. The zero-order valence-corrected chi connectivity index (χ0v) is 12.1. The molecule has 0 saturated heterocycles. The van der Waals surface area contributed by atoms with Crippen LogP contribution in [0.15, 0.2) is 36.9 Å². The number of halogens is 3. The predicted octanol–water partition coefficient (Wildman–Crippen LogP) is 2.90. The van der Waals surface area contributed by atoms with Crippen LogP contribution in [-0.2, 0) is 11.7 Å². The summed E-state index contributed by atoms with van der Waals surface area (Å²) in [5.41, 5.74) is 0. The molecule has 9 heteroatoms. The average molecular weight is 447 g/mol. The molecule has 0 radical (unpaired) electrons. The molecule has 2 rings (SSSR count). The van der Waals surface area contributed by atoms with E-state index in [9.17, 15) is 0 Å². The molecule has 0 aliphatic rings. The van der Waals surface area contributed by atoms with Crippen LogP contribution in [0.5, 0.6) is 0 Å². The van der Waals surface area contributed by atoms with Crippen molar-refractivity contribution in [2.24, 2.45) is 0 Å². The molecule has 0 bridgehead atoms. The molecule has 0 fully saturated rings. The van der Waals surface area contributed by atoms with Crippen molar-refractivity contribution in [1.82, 2.24) is 20.4 Å². The molecule has 0 aliphatic heterocycles. The van der Waals surface area contributed by atoms with E-state index in [1.165, 1.54) is 0 Å². The second-order valence-corrected chi connectivity index (χ2v) is 17.1. The van der Waals surface area contributed by atoms with E-state index >= 15 is 0 Å². The fourth-order valence-corrected chi connectivity index (χ4v) is 0.430. The van der Waals surface area contributed by atoms with Gasteiger partial charge in [0.05, 0.1) is 0 Å². The average Bonchev–Trinajstić information content (AvgIpc) is 2.81. The van der Waals surface area contributed by atoms with Gasteiger partial charge < -0.3 is 0 Å². The maximum absolute atomic E-state index is 8.01. The summed E-state index contributed by atoms with van der Waals surface area (Å²) >= 11 is -3.64. The zero-order valence-electron chi connectivity index (χ0n) is 7.29. The Morgan fingerprint density at radius 2 is 1.27 bits per heavy atom. The first-order chi connectivity index (χ1) is 7.00. The summed E-state index contributed by atoms with van der Waals surface area (Å²) in [5.74, 6) is 0. The molecule has 2 aromatic rings. The Kier molecular flexibility index (Phi) is 8.69. The van der Waals surface area contributed by atoms with Crippen LogP contribution >= 0.6 is 28.9 Å². The normalized spacial score (nSPS) is 10.3. The molecule has 15 heavy (non-hydrogen) atoms. The van der Waals surface area contributed by atoms with Crippen LogP contribution in [-0.4, -0.2) is 20.4 Å².